The molecule has 6 heteroatoms. The maximum Gasteiger partial charge on any atom is 0.345 e. The van der Waals surface area contributed by atoms with Crippen molar-refractivity contribution in [3.05, 3.63) is 50.7 Å². The number of benzene rings is 1. The second-order valence-corrected chi connectivity index (χ2v) is 5.67. The molecule has 0 atom stereocenters. The van der Waals surface area contributed by atoms with Gasteiger partial charge in [0.1, 0.15) is 10.6 Å². The minimum atomic E-state index is -0.894. The minimum absolute atomic E-state index is 0.345. The highest BCUT2D eigenvalue weighted by Crippen LogP contribution is 2.26. The van der Waals surface area contributed by atoms with Gasteiger partial charge in [0.05, 0.1) is 7.11 Å². The molecule has 0 unspecified atom stereocenters. The molecule has 0 aliphatic rings. The summed E-state index contributed by atoms with van der Waals surface area (Å²) in [4.78, 5) is 12.1. The average Bonchev–Trinajstić information content (AvgIpc) is 2.89. The van der Waals surface area contributed by atoms with Gasteiger partial charge in [0.2, 0.25) is 0 Å². The summed E-state index contributed by atoms with van der Waals surface area (Å²) in [7, 11) is 1.60. The van der Waals surface area contributed by atoms with Crippen molar-refractivity contribution < 1.29 is 14.6 Å². The highest BCUT2D eigenvalue weighted by atomic mass is 35.5. The average molecular weight is 312 g/mol. The Morgan fingerprint density at radius 1 is 1.35 bits per heavy atom. The van der Waals surface area contributed by atoms with E-state index in [4.69, 9.17) is 21.4 Å². The van der Waals surface area contributed by atoms with Gasteiger partial charge in [0.25, 0.3) is 0 Å². The quantitative estimate of drug-likeness (QED) is 0.858. The number of methoxy groups -OCH3 is 1. The summed E-state index contributed by atoms with van der Waals surface area (Å²) in [6, 6.07) is 8.93. The second kappa shape index (κ2) is 6.74. The van der Waals surface area contributed by atoms with E-state index in [1.54, 1.807) is 13.2 Å². The topological polar surface area (TPSA) is 58.6 Å². The molecule has 0 aliphatic heterocycles. The predicted molar refractivity (Wildman–Crippen MR) is 79.8 cm³/mol. The first kappa shape index (κ1) is 14.8. The van der Waals surface area contributed by atoms with Gasteiger partial charge in [-0.15, -0.1) is 11.3 Å². The van der Waals surface area contributed by atoms with Crippen molar-refractivity contribution in [2.45, 2.75) is 13.1 Å². The van der Waals surface area contributed by atoms with E-state index < -0.39 is 5.97 Å². The molecule has 1 aromatic heterocycles. The molecule has 20 heavy (non-hydrogen) atoms. The van der Waals surface area contributed by atoms with Gasteiger partial charge >= 0.3 is 5.97 Å². The van der Waals surface area contributed by atoms with Gasteiger partial charge in [-0.2, -0.15) is 0 Å². The number of hydrogen-bond acceptors (Lipinski definition) is 4. The lowest BCUT2D eigenvalue weighted by molar-refractivity contribution is 0.0702. The van der Waals surface area contributed by atoms with Crippen molar-refractivity contribution in [2.24, 2.45) is 0 Å². The van der Waals surface area contributed by atoms with E-state index >= 15 is 0 Å². The molecule has 0 aliphatic carbocycles. The molecule has 106 valence electrons. The number of nitrogens with one attached hydrogen (secondary N) is 1. The van der Waals surface area contributed by atoms with Gasteiger partial charge in [-0.1, -0.05) is 17.7 Å². The Morgan fingerprint density at radius 3 is 2.80 bits per heavy atom. The summed E-state index contributed by atoms with van der Waals surface area (Å²) >= 11 is 7.40. The molecule has 0 spiro atoms. The normalized spacial score (nSPS) is 10.5. The fraction of sp³-hybridized carbons (Fsp3) is 0.214. The van der Waals surface area contributed by atoms with Crippen LogP contribution in [0.4, 0.5) is 0 Å². The predicted octanol–water partition coefficient (Wildman–Crippen LogP) is 3.40. The highest BCUT2D eigenvalue weighted by Gasteiger charge is 2.09. The van der Waals surface area contributed by atoms with Crippen LogP contribution in [0.3, 0.4) is 0 Å². The Bertz CT molecular complexity index is 612. The lowest BCUT2D eigenvalue weighted by Gasteiger charge is -2.10. The molecular formula is C14H14ClNO3S. The third kappa shape index (κ3) is 3.50. The Morgan fingerprint density at radius 2 is 2.15 bits per heavy atom. The van der Waals surface area contributed by atoms with E-state index in [-0.39, 0.29) is 0 Å². The smallest absolute Gasteiger partial charge is 0.345 e. The molecule has 1 heterocycles. The zero-order valence-electron chi connectivity index (χ0n) is 10.9. The number of halogens is 1. The van der Waals surface area contributed by atoms with Gasteiger partial charge in [0.15, 0.2) is 0 Å². The van der Waals surface area contributed by atoms with Gasteiger partial charge in [0, 0.05) is 28.6 Å². The van der Waals surface area contributed by atoms with Crippen LogP contribution in [-0.4, -0.2) is 18.2 Å². The fourth-order valence-corrected chi connectivity index (χ4v) is 2.85. The number of carboxylic acids is 1. The third-order valence-electron chi connectivity index (χ3n) is 2.77. The number of carbonyl (C=O) groups is 1. The van der Waals surface area contributed by atoms with Crippen molar-refractivity contribution in [3.63, 3.8) is 0 Å². The summed E-state index contributed by atoms with van der Waals surface area (Å²) in [5.41, 5.74) is 0.895. The molecule has 0 saturated carbocycles. The molecule has 1 aromatic carbocycles. The third-order valence-corrected chi connectivity index (χ3v) is 4.20. The van der Waals surface area contributed by atoms with E-state index in [1.807, 2.05) is 24.3 Å². The first-order valence-electron chi connectivity index (χ1n) is 5.96. The minimum Gasteiger partial charge on any atom is -0.496 e. The molecule has 0 amide bonds. The van der Waals surface area contributed by atoms with Gasteiger partial charge in [-0.3, -0.25) is 0 Å². The van der Waals surface area contributed by atoms with Gasteiger partial charge in [-0.05, 0) is 24.3 Å². The van der Waals surface area contributed by atoms with Crippen LogP contribution in [-0.2, 0) is 13.1 Å². The molecule has 2 rings (SSSR count). The summed E-state index contributed by atoms with van der Waals surface area (Å²) < 4.78 is 5.26. The van der Waals surface area contributed by atoms with Gasteiger partial charge in [-0.25, -0.2) is 4.79 Å². The number of ether oxygens (including phenoxy) is 1. The van der Waals surface area contributed by atoms with E-state index in [0.717, 1.165) is 16.2 Å². The SMILES string of the molecule is COc1cccc(Cl)c1CNCc1ccc(C(=O)O)s1. The van der Waals surface area contributed by atoms with Crippen LogP contribution in [0, 0.1) is 0 Å². The van der Waals surface area contributed by atoms with Crippen LogP contribution in [0.1, 0.15) is 20.1 Å². The molecule has 0 saturated heterocycles. The fourth-order valence-electron chi connectivity index (χ4n) is 1.80. The van der Waals surface area contributed by atoms with E-state index in [2.05, 4.69) is 5.32 Å². The summed E-state index contributed by atoms with van der Waals surface area (Å²) in [6.45, 7) is 1.15. The summed E-state index contributed by atoms with van der Waals surface area (Å²) in [6.07, 6.45) is 0. The number of thiophene rings is 1. The lowest BCUT2D eigenvalue weighted by atomic mass is 10.2. The molecule has 0 bridgehead atoms. The van der Waals surface area contributed by atoms with E-state index in [1.165, 1.54) is 11.3 Å². The second-order valence-electron chi connectivity index (χ2n) is 4.10. The van der Waals surface area contributed by atoms with Crippen LogP contribution < -0.4 is 10.1 Å². The van der Waals surface area contributed by atoms with Crippen molar-refractivity contribution in [3.8, 4) is 5.75 Å². The van der Waals surface area contributed by atoms with Crippen molar-refractivity contribution >= 4 is 28.9 Å². The monoisotopic (exact) mass is 311 g/mol. The molecule has 4 nitrogen and oxygen atoms in total. The Hall–Kier alpha value is -1.56. The molecule has 0 radical (unpaired) electrons. The molecule has 0 fully saturated rings. The van der Waals surface area contributed by atoms with E-state index in [9.17, 15) is 4.79 Å². The number of rotatable bonds is 6. The van der Waals surface area contributed by atoms with Crippen LogP contribution >= 0.6 is 22.9 Å². The van der Waals surface area contributed by atoms with Crippen LogP contribution in [0.2, 0.25) is 5.02 Å². The van der Waals surface area contributed by atoms with Crippen LogP contribution in [0.15, 0.2) is 30.3 Å². The molecule has 2 N–H and O–H groups in total. The Labute approximate surface area is 126 Å². The molecule has 2 aromatic rings. The first-order valence-corrected chi connectivity index (χ1v) is 7.15. The van der Waals surface area contributed by atoms with Crippen molar-refractivity contribution in [1.82, 2.24) is 5.32 Å². The maximum atomic E-state index is 10.8. The van der Waals surface area contributed by atoms with Gasteiger partial charge < -0.3 is 15.2 Å². The summed E-state index contributed by atoms with van der Waals surface area (Å²) in [5.74, 6) is -0.156. The summed E-state index contributed by atoms with van der Waals surface area (Å²) in [5, 5.41) is 12.7. The van der Waals surface area contributed by atoms with Crippen molar-refractivity contribution in [2.75, 3.05) is 7.11 Å². The Balaban J connectivity index is 1.97. The van der Waals surface area contributed by atoms with Crippen LogP contribution in [0.25, 0.3) is 0 Å². The number of carboxylic acid groups (broad SMARTS) is 1. The Kier molecular flexibility index (Phi) is 5.00. The van der Waals surface area contributed by atoms with E-state index in [0.29, 0.717) is 23.0 Å². The lowest BCUT2D eigenvalue weighted by Crippen LogP contribution is -2.13. The number of hydrogen-bond donors (Lipinski definition) is 2. The molecular weight excluding hydrogens is 298 g/mol. The van der Waals surface area contributed by atoms with Crippen molar-refractivity contribution in [1.29, 1.82) is 0 Å². The zero-order chi connectivity index (χ0) is 14.5. The largest absolute Gasteiger partial charge is 0.496 e. The standard InChI is InChI=1S/C14H14ClNO3S/c1-19-12-4-2-3-11(15)10(12)8-16-7-9-5-6-13(20-9)14(17)18/h2-6,16H,7-8H2,1H3,(H,17,18). The maximum absolute atomic E-state index is 10.8. The highest BCUT2D eigenvalue weighted by molar-refractivity contribution is 7.13. The first-order chi connectivity index (χ1) is 9.61. The van der Waals surface area contributed by atoms with Crippen LogP contribution in [0.5, 0.6) is 5.75 Å². The number of aromatic carboxylic acids is 1. The zero-order valence-corrected chi connectivity index (χ0v) is 12.4.